The Morgan fingerprint density at radius 3 is 2.61 bits per heavy atom. The standard InChI is InChI=1S/C25H28F3N7O/c1-2-18-19-6-5-16(25(26,27)28)14-20(19)33-22(18)34-10-12-35(13-11-34)23-21(4-3-8-30-23)36-15-17-7-9-31-24(29)32-17/h3-9,14,18,22,33H,2,10-13,15H2,1H3,(H2,29,31,32). The van der Waals surface area contributed by atoms with E-state index in [1.165, 1.54) is 12.1 Å². The van der Waals surface area contributed by atoms with Crippen molar-refractivity contribution in [2.45, 2.75) is 38.2 Å². The van der Waals surface area contributed by atoms with Gasteiger partial charge in [0.2, 0.25) is 5.95 Å². The van der Waals surface area contributed by atoms with Crippen molar-refractivity contribution in [3.05, 3.63) is 65.6 Å². The summed E-state index contributed by atoms with van der Waals surface area (Å²) >= 11 is 0. The number of hydrogen-bond donors (Lipinski definition) is 2. The van der Waals surface area contributed by atoms with E-state index < -0.39 is 11.7 Å². The first-order chi connectivity index (χ1) is 17.3. The van der Waals surface area contributed by atoms with E-state index in [1.54, 1.807) is 24.5 Å². The van der Waals surface area contributed by atoms with Crippen LogP contribution in [-0.4, -0.2) is 52.2 Å². The normalized spacial score (nSPS) is 20.2. The topological polar surface area (TPSA) is 92.4 Å². The van der Waals surface area contributed by atoms with Crippen molar-refractivity contribution in [3.8, 4) is 5.75 Å². The van der Waals surface area contributed by atoms with Gasteiger partial charge in [0.25, 0.3) is 0 Å². The molecule has 0 bridgehead atoms. The van der Waals surface area contributed by atoms with Crippen molar-refractivity contribution < 1.29 is 17.9 Å². The van der Waals surface area contributed by atoms with Gasteiger partial charge in [-0.05, 0) is 42.3 Å². The first-order valence-corrected chi connectivity index (χ1v) is 12.0. The Bertz CT molecular complexity index is 1210. The maximum atomic E-state index is 13.2. The van der Waals surface area contributed by atoms with Crippen molar-refractivity contribution in [1.29, 1.82) is 0 Å². The number of nitrogen functional groups attached to an aromatic ring is 1. The Morgan fingerprint density at radius 1 is 1.08 bits per heavy atom. The van der Waals surface area contributed by atoms with Crippen molar-refractivity contribution in [2.24, 2.45) is 0 Å². The SMILES string of the molecule is CCC1c2ccc(C(F)(F)F)cc2NC1N1CCN(c2ncccc2OCc2ccnc(N)n2)CC1. The molecule has 190 valence electrons. The number of piperazine rings is 1. The van der Waals surface area contributed by atoms with E-state index in [0.29, 0.717) is 30.2 Å². The van der Waals surface area contributed by atoms with Crippen molar-refractivity contribution in [1.82, 2.24) is 19.9 Å². The van der Waals surface area contributed by atoms with Crippen LogP contribution in [0.3, 0.4) is 0 Å². The van der Waals surface area contributed by atoms with Gasteiger partial charge in [0.1, 0.15) is 6.61 Å². The zero-order valence-corrected chi connectivity index (χ0v) is 19.9. The predicted molar refractivity (Wildman–Crippen MR) is 131 cm³/mol. The van der Waals surface area contributed by atoms with Gasteiger partial charge in [0, 0.05) is 50.2 Å². The molecule has 3 aromatic rings. The molecule has 11 heteroatoms. The second-order valence-electron chi connectivity index (χ2n) is 8.95. The molecule has 0 amide bonds. The van der Waals surface area contributed by atoms with Crippen molar-refractivity contribution >= 4 is 17.5 Å². The predicted octanol–water partition coefficient (Wildman–Crippen LogP) is 4.12. The smallest absolute Gasteiger partial charge is 0.416 e. The lowest BCUT2D eigenvalue weighted by molar-refractivity contribution is -0.137. The van der Waals surface area contributed by atoms with Gasteiger partial charge >= 0.3 is 6.18 Å². The number of alkyl halides is 3. The third-order valence-corrected chi connectivity index (χ3v) is 6.77. The molecule has 0 radical (unpaired) electrons. The number of hydrogen-bond acceptors (Lipinski definition) is 8. The van der Waals surface area contributed by atoms with Gasteiger partial charge in [-0.1, -0.05) is 13.0 Å². The molecule has 4 heterocycles. The Balaban J connectivity index is 1.25. The monoisotopic (exact) mass is 499 g/mol. The summed E-state index contributed by atoms with van der Waals surface area (Å²) in [5, 5.41) is 3.37. The zero-order chi connectivity index (χ0) is 25.3. The lowest BCUT2D eigenvalue weighted by Gasteiger charge is -2.40. The summed E-state index contributed by atoms with van der Waals surface area (Å²) in [6, 6.07) is 9.49. The molecule has 0 aliphatic carbocycles. The van der Waals surface area contributed by atoms with Gasteiger partial charge in [-0.2, -0.15) is 13.2 Å². The second-order valence-corrected chi connectivity index (χ2v) is 8.95. The fourth-order valence-electron chi connectivity index (χ4n) is 4.99. The summed E-state index contributed by atoms with van der Waals surface area (Å²) in [5.74, 6) is 1.73. The molecule has 0 saturated carbocycles. The van der Waals surface area contributed by atoms with Gasteiger partial charge in [0.05, 0.1) is 17.4 Å². The molecule has 0 spiro atoms. The molecule has 1 saturated heterocycles. The molecule has 2 aliphatic rings. The molecule has 3 N–H and O–H groups in total. The van der Waals surface area contributed by atoms with Crippen LogP contribution in [0, 0.1) is 0 Å². The molecule has 5 rings (SSSR count). The van der Waals surface area contributed by atoms with E-state index in [1.807, 2.05) is 12.1 Å². The van der Waals surface area contributed by atoms with Gasteiger partial charge in [-0.25, -0.2) is 15.0 Å². The minimum atomic E-state index is -4.36. The molecule has 2 aromatic heterocycles. The molecule has 36 heavy (non-hydrogen) atoms. The van der Waals surface area contributed by atoms with Crippen LogP contribution in [-0.2, 0) is 12.8 Å². The molecular formula is C25H28F3N7O. The van der Waals surface area contributed by atoms with Crippen LogP contribution in [0.4, 0.5) is 30.6 Å². The highest BCUT2D eigenvalue weighted by molar-refractivity contribution is 5.61. The average molecular weight is 500 g/mol. The van der Waals surface area contributed by atoms with E-state index in [-0.39, 0.29) is 24.6 Å². The third-order valence-electron chi connectivity index (χ3n) is 6.77. The number of nitrogens with zero attached hydrogens (tertiary/aromatic N) is 5. The first kappa shape index (κ1) is 24.1. The van der Waals surface area contributed by atoms with Gasteiger partial charge < -0.3 is 20.7 Å². The molecule has 2 unspecified atom stereocenters. The number of halogens is 3. The molecule has 2 aliphatic heterocycles. The Labute approximate surface area is 207 Å². The molecular weight excluding hydrogens is 471 g/mol. The number of fused-ring (bicyclic) bond motifs is 1. The Hall–Kier alpha value is -3.60. The summed E-state index contributed by atoms with van der Waals surface area (Å²) in [5.41, 5.74) is 7.23. The summed E-state index contributed by atoms with van der Waals surface area (Å²) in [6.45, 7) is 5.23. The van der Waals surface area contributed by atoms with Crippen molar-refractivity contribution in [3.63, 3.8) is 0 Å². The largest absolute Gasteiger partial charge is 0.483 e. The highest BCUT2D eigenvalue weighted by Crippen LogP contribution is 2.42. The van der Waals surface area contributed by atoms with Gasteiger partial charge in [-0.15, -0.1) is 0 Å². The fourth-order valence-corrected chi connectivity index (χ4v) is 4.99. The number of aromatic nitrogens is 3. The summed E-state index contributed by atoms with van der Waals surface area (Å²) in [7, 11) is 0. The van der Waals surface area contributed by atoms with Crippen LogP contribution >= 0.6 is 0 Å². The average Bonchev–Trinajstić information content (AvgIpc) is 3.25. The Morgan fingerprint density at radius 2 is 1.89 bits per heavy atom. The quantitative estimate of drug-likeness (QED) is 0.524. The summed E-state index contributed by atoms with van der Waals surface area (Å²) in [4.78, 5) is 17.1. The van der Waals surface area contributed by atoms with Crippen LogP contribution in [0.1, 0.15) is 36.1 Å². The number of nitrogens with one attached hydrogen (secondary N) is 1. The summed E-state index contributed by atoms with van der Waals surface area (Å²) < 4.78 is 45.7. The summed E-state index contributed by atoms with van der Waals surface area (Å²) in [6.07, 6.45) is -0.240. The Kier molecular flexibility index (Phi) is 6.57. The van der Waals surface area contributed by atoms with Crippen LogP contribution in [0.5, 0.6) is 5.75 Å². The number of pyridine rings is 1. The van der Waals surface area contributed by atoms with E-state index in [4.69, 9.17) is 10.5 Å². The van der Waals surface area contributed by atoms with Crippen LogP contribution in [0.15, 0.2) is 48.8 Å². The number of ether oxygens (including phenoxy) is 1. The molecule has 2 atom stereocenters. The maximum Gasteiger partial charge on any atom is 0.416 e. The van der Waals surface area contributed by atoms with E-state index >= 15 is 0 Å². The van der Waals surface area contributed by atoms with Crippen LogP contribution in [0.25, 0.3) is 0 Å². The van der Waals surface area contributed by atoms with Crippen molar-refractivity contribution in [2.75, 3.05) is 42.1 Å². The van der Waals surface area contributed by atoms with Gasteiger partial charge in [0.15, 0.2) is 11.6 Å². The van der Waals surface area contributed by atoms with E-state index in [0.717, 1.165) is 30.9 Å². The molecule has 1 fully saturated rings. The van der Waals surface area contributed by atoms with Gasteiger partial charge in [-0.3, -0.25) is 4.90 Å². The number of nitrogens with two attached hydrogens (primary N) is 1. The van der Waals surface area contributed by atoms with Crippen LogP contribution < -0.4 is 20.7 Å². The minimum Gasteiger partial charge on any atom is -0.483 e. The molecule has 8 nitrogen and oxygen atoms in total. The third kappa shape index (κ3) is 4.88. The lowest BCUT2D eigenvalue weighted by Crippen LogP contribution is -2.53. The highest BCUT2D eigenvalue weighted by atomic mass is 19.4. The van der Waals surface area contributed by atoms with Crippen LogP contribution in [0.2, 0.25) is 0 Å². The number of rotatable bonds is 6. The zero-order valence-electron chi connectivity index (χ0n) is 19.9. The first-order valence-electron chi connectivity index (χ1n) is 12.0. The minimum absolute atomic E-state index is 0.0432. The lowest BCUT2D eigenvalue weighted by atomic mass is 9.94. The highest BCUT2D eigenvalue weighted by Gasteiger charge is 2.39. The van der Waals surface area contributed by atoms with E-state index in [2.05, 4.69) is 37.0 Å². The second kappa shape index (κ2) is 9.81. The molecule has 1 aromatic carbocycles. The van der Waals surface area contributed by atoms with E-state index in [9.17, 15) is 13.2 Å². The number of benzene rings is 1. The number of anilines is 3. The maximum absolute atomic E-state index is 13.2. The fraction of sp³-hybridized carbons (Fsp3) is 0.400.